The predicted octanol–water partition coefficient (Wildman–Crippen LogP) is 6.88. The number of hydrogen-bond donors (Lipinski definition) is 1. The molecule has 3 aromatic rings. The van der Waals surface area contributed by atoms with Gasteiger partial charge in [0.25, 0.3) is 23.6 Å². The number of amides is 4. The fraction of sp³-hybridized carbons (Fsp3) is 0.389. The number of anilines is 2. The SMILES string of the molecule is Cc1cc(C2C3=CCC4C(=O)N(N(C)c5nc(C(F)(F)F)ccc5Cl)C(=O)C4C3CC3C(=O)N(N(C)c4nc(C(F)(F)F)ccc4Cl)C(=O)C32)cc(C)c1O. The number of imide groups is 2. The highest BCUT2D eigenvalue weighted by Gasteiger charge is 2.63. The molecule has 7 rings (SSSR count). The van der Waals surface area contributed by atoms with Gasteiger partial charge >= 0.3 is 12.4 Å². The number of pyridine rings is 2. The Bertz CT molecular complexity index is 2190. The molecule has 6 atom stereocenters. The first-order chi connectivity index (χ1) is 25.6. The number of rotatable bonds is 5. The monoisotopic (exact) mass is 810 g/mol. The van der Waals surface area contributed by atoms with Gasteiger partial charge in [0.2, 0.25) is 0 Å². The van der Waals surface area contributed by atoms with Gasteiger partial charge in [0.1, 0.15) is 17.1 Å². The number of benzene rings is 1. The van der Waals surface area contributed by atoms with Crippen molar-refractivity contribution in [1.29, 1.82) is 0 Å². The molecule has 0 radical (unpaired) electrons. The molecular weight excluding hydrogens is 781 g/mol. The summed E-state index contributed by atoms with van der Waals surface area (Å²) in [5.74, 6) is -10.3. The zero-order valence-electron chi connectivity index (χ0n) is 29.2. The summed E-state index contributed by atoms with van der Waals surface area (Å²) in [6.07, 6.45) is -8.15. The number of aryl methyl sites for hydroxylation is 2. The molecule has 290 valence electrons. The average Bonchev–Trinajstić information content (AvgIpc) is 3.51. The number of phenols is 1. The van der Waals surface area contributed by atoms with Crippen molar-refractivity contribution in [3.05, 3.63) is 86.2 Å². The molecule has 2 aliphatic heterocycles. The minimum Gasteiger partial charge on any atom is -0.507 e. The van der Waals surface area contributed by atoms with Crippen LogP contribution in [0.4, 0.5) is 38.0 Å². The molecule has 4 aliphatic rings. The van der Waals surface area contributed by atoms with Crippen LogP contribution in [0.15, 0.2) is 48.0 Å². The number of phenolic OH excluding ortho intramolecular Hbond substituents is 1. The number of carbonyl (C=O) groups excluding carboxylic acids is 4. The first kappa shape index (κ1) is 38.4. The largest absolute Gasteiger partial charge is 0.507 e. The zero-order valence-corrected chi connectivity index (χ0v) is 30.7. The van der Waals surface area contributed by atoms with Crippen molar-refractivity contribution in [3.63, 3.8) is 0 Å². The van der Waals surface area contributed by atoms with Crippen molar-refractivity contribution < 1.29 is 50.6 Å². The molecular formula is C36H30Cl2F6N6O5. The van der Waals surface area contributed by atoms with Crippen molar-refractivity contribution in [2.24, 2.45) is 29.6 Å². The van der Waals surface area contributed by atoms with Crippen LogP contribution in [-0.4, -0.2) is 62.8 Å². The molecule has 2 aliphatic carbocycles. The Kier molecular flexibility index (Phi) is 9.15. The van der Waals surface area contributed by atoms with E-state index in [1.807, 2.05) is 0 Å². The third-order valence-electron chi connectivity index (χ3n) is 10.9. The molecule has 1 N–H and O–H groups in total. The first-order valence-corrected chi connectivity index (χ1v) is 17.6. The van der Waals surface area contributed by atoms with Crippen LogP contribution in [0.5, 0.6) is 5.75 Å². The highest BCUT2D eigenvalue weighted by Crippen LogP contribution is 2.58. The van der Waals surface area contributed by atoms with E-state index in [1.165, 1.54) is 14.1 Å². The maximum absolute atomic E-state index is 14.5. The molecule has 11 nitrogen and oxygen atoms in total. The third kappa shape index (κ3) is 6.06. The summed E-state index contributed by atoms with van der Waals surface area (Å²) < 4.78 is 81.7. The van der Waals surface area contributed by atoms with Gasteiger partial charge in [0, 0.05) is 20.0 Å². The Morgan fingerprint density at radius 1 is 0.709 bits per heavy atom. The Morgan fingerprint density at radius 2 is 1.16 bits per heavy atom. The van der Waals surface area contributed by atoms with E-state index in [0.29, 0.717) is 44.4 Å². The molecule has 4 amide bonds. The van der Waals surface area contributed by atoms with E-state index in [9.17, 15) is 50.6 Å². The van der Waals surface area contributed by atoms with E-state index in [1.54, 1.807) is 32.1 Å². The van der Waals surface area contributed by atoms with E-state index in [-0.39, 0.29) is 28.6 Å². The number of allylic oxidation sites excluding steroid dienone is 2. The second kappa shape index (κ2) is 13.1. The van der Waals surface area contributed by atoms with E-state index >= 15 is 0 Å². The van der Waals surface area contributed by atoms with Gasteiger partial charge in [0.15, 0.2) is 11.6 Å². The summed E-state index contributed by atoms with van der Waals surface area (Å²) in [5, 5.41) is 13.2. The summed E-state index contributed by atoms with van der Waals surface area (Å²) in [6, 6.07) is 6.48. The van der Waals surface area contributed by atoms with Crippen LogP contribution in [0.2, 0.25) is 10.0 Å². The lowest BCUT2D eigenvalue weighted by Gasteiger charge is -2.44. The van der Waals surface area contributed by atoms with Crippen molar-refractivity contribution in [3.8, 4) is 5.75 Å². The normalized spacial score (nSPS) is 25.2. The zero-order chi connectivity index (χ0) is 40.2. The van der Waals surface area contributed by atoms with Gasteiger partial charge in [-0.25, -0.2) is 9.97 Å². The minimum atomic E-state index is -4.87. The molecule has 55 heavy (non-hydrogen) atoms. The van der Waals surface area contributed by atoms with Gasteiger partial charge in [-0.3, -0.25) is 29.2 Å². The summed E-state index contributed by atoms with van der Waals surface area (Å²) in [5.41, 5.74) is -0.679. The number of halogens is 8. The molecule has 1 saturated carbocycles. The van der Waals surface area contributed by atoms with Gasteiger partial charge in [-0.05, 0) is 73.6 Å². The molecule has 19 heteroatoms. The van der Waals surface area contributed by atoms with Crippen LogP contribution in [-0.2, 0) is 31.5 Å². The lowest BCUT2D eigenvalue weighted by molar-refractivity contribution is -0.143. The maximum atomic E-state index is 14.5. The number of hydrazine groups is 2. The van der Waals surface area contributed by atoms with Crippen LogP contribution in [0.3, 0.4) is 0 Å². The first-order valence-electron chi connectivity index (χ1n) is 16.8. The standard InChI is InChI=1S/C36H30Cl2F6N6O5/c1-14-11-16(12-15(2)28(14)51)25-17-5-6-18-26(33(54)49(31(18)52)47(3)29-21(37)7-9-23(45-29)35(39,40)41)19(17)13-20-27(25)34(55)50(32(20)53)48(4)30-22(38)8-10-24(46-30)36(42,43)44/h5,7-12,18-20,25-27,51H,6,13H2,1-4H3. The average molecular weight is 812 g/mol. The van der Waals surface area contributed by atoms with E-state index in [4.69, 9.17) is 23.2 Å². The molecule has 1 aromatic carbocycles. The summed E-state index contributed by atoms with van der Waals surface area (Å²) in [4.78, 5) is 64.4. The highest BCUT2D eigenvalue weighted by molar-refractivity contribution is 6.33. The van der Waals surface area contributed by atoms with Gasteiger partial charge in [-0.2, -0.15) is 36.4 Å². The van der Waals surface area contributed by atoms with Crippen molar-refractivity contribution in [1.82, 2.24) is 20.0 Å². The lowest BCUT2D eigenvalue weighted by Crippen LogP contribution is -2.46. The molecule has 0 spiro atoms. The van der Waals surface area contributed by atoms with Crippen LogP contribution >= 0.6 is 23.2 Å². The Balaban J connectivity index is 1.31. The molecule has 2 saturated heterocycles. The summed E-state index contributed by atoms with van der Waals surface area (Å²) in [7, 11) is 2.35. The van der Waals surface area contributed by atoms with Crippen LogP contribution in [0, 0.1) is 43.4 Å². The van der Waals surface area contributed by atoms with Crippen LogP contribution in [0.1, 0.15) is 46.8 Å². The number of nitrogens with zero attached hydrogens (tertiary/aromatic N) is 6. The Labute approximate surface area is 319 Å². The number of alkyl halides is 6. The number of aromatic nitrogens is 2. The third-order valence-corrected chi connectivity index (χ3v) is 11.5. The Hall–Kier alpha value is -4.90. The topological polar surface area (TPSA) is 127 Å². The van der Waals surface area contributed by atoms with Gasteiger partial charge in [-0.1, -0.05) is 47.0 Å². The van der Waals surface area contributed by atoms with Gasteiger partial charge < -0.3 is 5.11 Å². The smallest absolute Gasteiger partial charge is 0.433 e. The maximum Gasteiger partial charge on any atom is 0.433 e. The fourth-order valence-electron chi connectivity index (χ4n) is 8.51. The number of carbonyl (C=O) groups is 4. The van der Waals surface area contributed by atoms with E-state index in [2.05, 4.69) is 9.97 Å². The molecule has 2 aromatic heterocycles. The molecule has 3 fully saturated rings. The lowest BCUT2D eigenvalue weighted by atomic mass is 9.57. The van der Waals surface area contributed by atoms with Crippen molar-refractivity contribution in [2.75, 3.05) is 24.1 Å². The number of aromatic hydroxyl groups is 1. The van der Waals surface area contributed by atoms with Crippen LogP contribution in [0.25, 0.3) is 0 Å². The van der Waals surface area contributed by atoms with E-state index < -0.39 is 94.5 Å². The highest BCUT2D eigenvalue weighted by atomic mass is 35.5. The van der Waals surface area contributed by atoms with Crippen molar-refractivity contribution >= 4 is 58.5 Å². The predicted molar refractivity (Wildman–Crippen MR) is 184 cm³/mol. The number of hydrogen-bond acceptors (Lipinski definition) is 9. The molecule has 0 bridgehead atoms. The summed E-state index contributed by atoms with van der Waals surface area (Å²) in [6.45, 7) is 3.27. The second-order valence-electron chi connectivity index (χ2n) is 14.1. The molecule has 6 unspecified atom stereocenters. The van der Waals surface area contributed by atoms with E-state index in [0.717, 1.165) is 22.2 Å². The summed E-state index contributed by atoms with van der Waals surface area (Å²) >= 11 is 12.5. The number of fused-ring (bicyclic) bond motifs is 4. The van der Waals surface area contributed by atoms with Crippen LogP contribution < -0.4 is 10.0 Å². The Morgan fingerprint density at radius 3 is 1.64 bits per heavy atom. The van der Waals surface area contributed by atoms with Gasteiger partial charge in [-0.15, -0.1) is 0 Å². The van der Waals surface area contributed by atoms with Gasteiger partial charge in [0.05, 0.1) is 33.7 Å². The minimum absolute atomic E-state index is 0.00534. The quantitative estimate of drug-likeness (QED) is 0.167. The van der Waals surface area contributed by atoms with Crippen molar-refractivity contribution in [2.45, 2.75) is 45.0 Å². The second-order valence-corrected chi connectivity index (χ2v) is 14.9. The molecule has 4 heterocycles. The fourth-order valence-corrected chi connectivity index (χ4v) is 8.97.